The third-order valence-electron chi connectivity index (χ3n) is 4.49. The number of benzene rings is 2. The number of nitrogens with one attached hydrogen (secondary N) is 2. The zero-order chi connectivity index (χ0) is 21.3. The summed E-state index contributed by atoms with van der Waals surface area (Å²) < 4.78 is 1.95. The molecule has 156 valence electrons. The molecule has 1 heterocycles. The van der Waals surface area contributed by atoms with Gasteiger partial charge in [-0.1, -0.05) is 48.2 Å². The van der Waals surface area contributed by atoms with Gasteiger partial charge in [0.15, 0.2) is 5.16 Å². The molecule has 0 saturated carbocycles. The van der Waals surface area contributed by atoms with Crippen LogP contribution in [0.3, 0.4) is 0 Å². The summed E-state index contributed by atoms with van der Waals surface area (Å²) >= 11 is 1.34. The molecule has 7 nitrogen and oxygen atoms in total. The summed E-state index contributed by atoms with van der Waals surface area (Å²) in [6.07, 6.45) is 0.793. The molecule has 3 rings (SSSR count). The lowest BCUT2D eigenvalue weighted by atomic mass is 10.2. The predicted molar refractivity (Wildman–Crippen MR) is 120 cm³/mol. The van der Waals surface area contributed by atoms with Crippen LogP contribution < -0.4 is 10.6 Å². The lowest BCUT2D eigenvalue weighted by Gasteiger charge is -2.09. The number of rotatable bonds is 9. The van der Waals surface area contributed by atoms with Gasteiger partial charge in [-0.15, -0.1) is 10.2 Å². The Bertz CT molecular complexity index is 1000. The summed E-state index contributed by atoms with van der Waals surface area (Å²) in [6.45, 7) is 4.62. The Kier molecular flexibility index (Phi) is 7.62. The van der Waals surface area contributed by atoms with Crippen molar-refractivity contribution in [3.8, 4) is 0 Å². The van der Waals surface area contributed by atoms with E-state index in [1.54, 1.807) is 0 Å². The minimum atomic E-state index is -0.101. The highest BCUT2D eigenvalue weighted by molar-refractivity contribution is 7.99. The van der Waals surface area contributed by atoms with Crippen LogP contribution in [0.1, 0.15) is 24.7 Å². The first-order valence-electron chi connectivity index (χ1n) is 9.82. The van der Waals surface area contributed by atoms with E-state index in [2.05, 4.69) is 20.8 Å². The quantitative estimate of drug-likeness (QED) is 0.510. The van der Waals surface area contributed by atoms with E-state index in [0.717, 1.165) is 22.8 Å². The van der Waals surface area contributed by atoms with Gasteiger partial charge in [0.1, 0.15) is 5.82 Å². The number of amides is 2. The van der Waals surface area contributed by atoms with E-state index in [-0.39, 0.29) is 17.6 Å². The fourth-order valence-corrected chi connectivity index (χ4v) is 3.75. The highest BCUT2D eigenvalue weighted by Gasteiger charge is 2.15. The molecule has 0 spiro atoms. The SMILES string of the molecule is CCn1c(CCC(=O)Nc2ccccc2C)nnc1SCC(=O)Nc1ccccc1. The summed E-state index contributed by atoms with van der Waals surface area (Å²) in [6, 6.07) is 17.0. The first kappa shape index (κ1) is 21.6. The van der Waals surface area contributed by atoms with Crippen molar-refractivity contribution in [2.24, 2.45) is 0 Å². The van der Waals surface area contributed by atoms with Crippen LogP contribution in [0.25, 0.3) is 0 Å². The maximum absolute atomic E-state index is 12.3. The minimum Gasteiger partial charge on any atom is -0.326 e. The second-order valence-corrected chi connectivity index (χ2v) is 7.65. The normalized spacial score (nSPS) is 10.6. The molecule has 0 radical (unpaired) electrons. The molecule has 8 heteroatoms. The molecule has 0 unspecified atom stereocenters. The lowest BCUT2D eigenvalue weighted by molar-refractivity contribution is -0.116. The number of hydrogen-bond donors (Lipinski definition) is 2. The number of carbonyl (C=O) groups excluding carboxylic acids is 2. The average molecular weight is 424 g/mol. The first-order valence-corrected chi connectivity index (χ1v) is 10.8. The van der Waals surface area contributed by atoms with Gasteiger partial charge in [-0.2, -0.15) is 0 Å². The Morgan fingerprint density at radius 2 is 1.70 bits per heavy atom. The van der Waals surface area contributed by atoms with Crippen molar-refractivity contribution in [1.82, 2.24) is 14.8 Å². The molecule has 30 heavy (non-hydrogen) atoms. The fraction of sp³-hybridized carbons (Fsp3) is 0.273. The first-order chi connectivity index (χ1) is 14.6. The van der Waals surface area contributed by atoms with E-state index in [1.807, 2.05) is 73.0 Å². The van der Waals surface area contributed by atoms with Gasteiger partial charge in [0, 0.05) is 30.8 Å². The Balaban J connectivity index is 1.53. The van der Waals surface area contributed by atoms with E-state index >= 15 is 0 Å². The van der Waals surface area contributed by atoms with E-state index in [0.29, 0.717) is 24.5 Å². The zero-order valence-corrected chi connectivity index (χ0v) is 17.9. The smallest absolute Gasteiger partial charge is 0.234 e. The van der Waals surface area contributed by atoms with Crippen molar-refractivity contribution in [3.05, 3.63) is 66.0 Å². The van der Waals surface area contributed by atoms with Gasteiger partial charge in [-0.25, -0.2) is 0 Å². The number of anilines is 2. The monoisotopic (exact) mass is 423 g/mol. The third kappa shape index (κ3) is 5.93. The van der Waals surface area contributed by atoms with Gasteiger partial charge in [0.2, 0.25) is 11.8 Å². The van der Waals surface area contributed by atoms with Crippen LogP contribution >= 0.6 is 11.8 Å². The van der Waals surface area contributed by atoms with Crippen LogP contribution in [0, 0.1) is 6.92 Å². The standard InChI is InChI=1S/C22H25N5O2S/c1-3-27-19(13-14-20(28)24-18-12-8-7-9-16(18)2)25-26-22(27)30-15-21(29)23-17-10-5-4-6-11-17/h4-12H,3,13-15H2,1-2H3,(H,23,29)(H,24,28). The topological polar surface area (TPSA) is 88.9 Å². The van der Waals surface area contributed by atoms with E-state index in [1.165, 1.54) is 11.8 Å². The highest BCUT2D eigenvalue weighted by atomic mass is 32.2. The van der Waals surface area contributed by atoms with Crippen molar-refractivity contribution in [2.45, 2.75) is 38.4 Å². The van der Waals surface area contributed by atoms with Crippen LogP contribution in [0.4, 0.5) is 11.4 Å². The summed E-state index contributed by atoms with van der Waals surface area (Å²) in [7, 11) is 0. The van der Waals surface area contributed by atoms with Gasteiger partial charge < -0.3 is 15.2 Å². The Hall–Kier alpha value is -3.13. The Labute approximate surface area is 180 Å². The molecule has 0 fully saturated rings. The van der Waals surface area contributed by atoms with Crippen molar-refractivity contribution in [1.29, 1.82) is 0 Å². The zero-order valence-electron chi connectivity index (χ0n) is 17.1. The van der Waals surface area contributed by atoms with Crippen LogP contribution in [-0.4, -0.2) is 32.3 Å². The molecular weight excluding hydrogens is 398 g/mol. The molecule has 0 aliphatic carbocycles. The maximum atomic E-state index is 12.3. The largest absolute Gasteiger partial charge is 0.326 e. The van der Waals surface area contributed by atoms with Crippen molar-refractivity contribution < 1.29 is 9.59 Å². The fourth-order valence-electron chi connectivity index (χ4n) is 2.93. The number of hydrogen-bond acceptors (Lipinski definition) is 5. The van der Waals surface area contributed by atoms with E-state index in [4.69, 9.17) is 0 Å². The molecule has 2 N–H and O–H groups in total. The molecule has 2 aromatic carbocycles. The number of para-hydroxylation sites is 2. The maximum Gasteiger partial charge on any atom is 0.234 e. The average Bonchev–Trinajstić information content (AvgIpc) is 3.15. The number of aromatic nitrogens is 3. The molecular formula is C22H25N5O2S. The molecule has 1 aromatic heterocycles. The second-order valence-electron chi connectivity index (χ2n) is 6.71. The summed E-state index contributed by atoms with van der Waals surface area (Å²) in [4.78, 5) is 24.5. The lowest BCUT2D eigenvalue weighted by Crippen LogP contribution is -2.15. The van der Waals surface area contributed by atoms with E-state index in [9.17, 15) is 9.59 Å². The van der Waals surface area contributed by atoms with Crippen LogP contribution in [0.2, 0.25) is 0 Å². The van der Waals surface area contributed by atoms with Gasteiger partial charge in [-0.05, 0) is 37.6 Å². The van der Waals surface area contributed by atoms with Crippen LogP contribution in [0.15, 0.2) is 59.8 Å². The van der Waals surface area contributed by atoms with Crippen molar-refractivity contribution >= 4 is 35.0 Å². The summed E-state index contributed by atoms with van der Waals surface area (Å²) in [5.74, 6) is 0.812. The highest BCUT2D eigenvalue weighted by Crippen LogP contribution is 2.19. The number of thioether (sulfide) groups is 1. The third-order valence-corrected chi connectivity index (χ3v) is 5.46. The number of aryl methyl sites for hydroxylation is 2. The molecule has 2 amide bonds. The molecule has 0 saturated heterocycles. The van der Waals surface area contributed by atoms with Gasteiger partial charge >= 0.3 is 0 Å². The number of carbonyl (C=O) groups is 2. The van der Waals surface area contributed by atoms with Crippen LogP contribution in [-0.2, 0) is 22.6 Å². The minimum absolute atomic E-state index is 0.0635. The molecule has 0 atom stereocenters. The molecule has 0 aliphatic heterocycles. The summed E-state index contributed by atoms with van der Waals surface area (Å²) in [5, 5.41) is 14.9. The van der Waals surface area contributed by atoms with Gasteiger partial charge in [0.05, 0.1) is 5.75 Å². The Morgan fingerprint density at radius 3 is 2.43 bits per heavy atom. The van der Waals surface area contributed by atoms with Crippen molar-refractivity contribution in [3.63, 3.8) is 0 Å². The van der Waals surface area contributed by atoms with Crippen LogP contribution in [0.5, 0.6) is 0 Å². The van der Waals surface area contributed by atoms with Gasteiger partial charge in [0.25, 0.3) is 0 Å². The molecule has 0 bridgehead atoms. The summed E-state index contributed by atoms with van der Waals surface area (Å²) in [5.41, 5.74) is 2.61. The predicted octanol–water partition coefficient (Wildman–Crippen LogP) is 3.91. The second kappa shape index (κ2) is 10.6. The molecule has 0 aliphatic rings. The van der Waals surface area contributed by atoms with E-state index < -0.39 is 0 Å². The Morgan fingerprint density at radius 1 is 0.967 bits per heavy atom. The molecule has 3 aromatic rings. The van der Waals surface area contributed by atoms with Gasteiger partial charge in [-0.3, -0.25) is 9.59 Å². The number of nitrogens with zero attached hydrogens (tertiary/aromatic N) is 3. The van der Waals surface area contributed by atoms with Crippen molar-refractivity contribution in [2.75, 3.05) is 16.4 Å².